The predicted molar refractivity (Wildman–Crippen MR) is 80.5 cm³/mol. The molecule has 0 spiro atoms. The Labute approximate surface area is 125 Å². The first kappa shape index (κ1) is 15.7. The molecule has 0 aliphatic rings. The number of carboxylic acids is 1. The Balaban J connectivity index is 2.17. The number of thiazole rings is 1. The van der Waals surface area contributed by atoms with Crippen molar-refractivity contribution in [3.63, 3.8) is 0 Å². The van der Waals surface area contributed by atoms with E-state index in [2.05, 4.69) is 9.71 Å². The summed E-state index contributed by atoms with van der Waals surface area (Å²) in [5.74, 6) is -1.09. The number of carbonyl (C=O) groups is 1. The van der Waals surface area contributed by atoms with Gasteiger partial charge in [-0.1, -0.05) is 11.3 Å². The predicted octanol–water partition coefficient (Wildman–Crippen LogP) is 1.77. The molecule has 7 nitrogen and oxygen atoms in total. The van der Waals surface area contributed by atoms with Crippen LogP contribution in [0.3, 0.4) is 0 Å². The minimum Gasteiger partial charge on any atom is -0.478 e. The summed E-state index contributed by atoms with van der Waals surface area (Å²) in [4.78, 5) is 15.0. The second-order valence-electron chi connectivity index (χ2n) is 4.27. The molecule has 2 N–H and O–H groups in total. The summed E-state index contributed by atoms with van der Waals surface area (Å²) in [6.45, 7) is 0.364. The van der Waals surface area contributed by atoms with Crippen molar-refractivity contribution in [3.8, 4) is 0 Å². The molecule has 1 heterocycles. The number of hydrogen-bond acceptors (Lipinski definition) is 6. The van der Waals surface area contributed by atoms with Crippen LogP contribution in [0.4, 0.5) is 5.13 Å². The van der Waals surface area contributed by atoms with E-state index in [0.717, 1.165) is 11.3 Å². The average Bonchev–Trinajstić information content (AvgIpc) is 2.78. The van der Waals surface area contributed by atoms with Crippen molar-refractivity contribution >= 4 is 42.7 Å². The van der Waals surface area contributed by atoms with E-state index < -0.39 is 16.0 Å². The standard InChI is InChI=1S/C12H14N2O5S2/c1-19-5-2-6-21(17,18)14-12-13-9-4-3-8(11(15)16)7-10(9)20-12/h3-4,7H,2,5-6H2,1H3,(H,13,14)(H,15,16). The summed E-state index contributed by atoms with van der Waals surface area (Å²) < 4.78 is 31.5. The van der Waals surface area contributed by atoms with Gasteiger partial charge in [-0.05, 0) is 24.6 Å². The maximum Gasteiger partial charge on any atom is 0.335 e. The molecule has 0 radical (unpaired) electrons. The van der Waals surface area contributed by atoms with Gasteiger partial charge in [0.25, 0.3) is 0 Å². The van der Waals surface area contributed by atoms with Gasteiger partial charge in [0.2, 0.25) is 10.0 Å². The molecule has 0 saturated carbocycles. The quantitative estimate of drug-likeness (QED) is 0.750. The van der Waals surface area contributed by atoms with Crippen molar-refractivity contribution in [3.05, 3.63) is 23.8 Å². The van der Waals surface area contributed by atoms with Crippen molar-refractivity contribution in [2.45, 2.75) is 6.42 Å². The third kappa shape index (κ3) is 4.13. The number of sulfonamides is 1. The highest BCUT2D eigenvalue weighted by Crippen LogP contribution is 2.27. The number of aromatic nitrogens is 1. The van der Waals surface area contributed by atoms with Gasteiger partial charge in [-0.15, -0.1) is 0 Å². The minimum absolute atomic E-state index is 0.0584. The molecule has 1 aromatic heterocycles. The number of ether oxygens (including phenoxy) is 1. The highest BCUT2D eigenvalue weighted by Gasteiger charge is 2.14. The second kappa shape index (κ2) is 6.37. The van der Waals surface area contributed by atoms with E-state index in [4.69, 9.17) is 9.84 Å². The summed E-state index contributed by atoms with van der Waals surface area (Å²) in [5.41, 5.74) is 0.695. The molecule has 21 heavy (non-hydrogen) atoms. The topological polar surface area (TPSA) is 106 Å². The van der Waals surface area contributed by atoms with Crippen LogP contribution >= 0.6 is 11.3 Å². The fourth-order valence-corrected chi connectivity index (χ4v) is 3.89. The number of methoxy groups -OCH3 is 1. The van der Waals surface area contributed by atoms with Crippen molar-refractivity contribution in [2.75, 3.05) is 24.2 Å². The highest BCUT2D eigenvalue weighted by atomic mass is 32.2. The minimum atomic E-state index is -3.48. The van der Waals surface area contributed by atoms with Crippen LogP contribution < -0.4 is 4.72 Å². The van der Waals surface area contributed by atoms with Crippen LogP contribution in [0.15, 0.2) is 18.2 Å². The van der Waals surface area contributed by atoms with Gasteiger partial charge in [-0.25, -0.2) is 18.2 Å². The van der Waals surface area contributed by atoms with Gasteiger partial charge in [-0.3, -0.25) is 4.72 Å². The van der Waals surface area contributed by atoms with Crippen LogP contribution in [0.2, 0.25) is 0 Å². The zero-order valence-corrected chi connectivity index (χ0v) is 12.8. The van der Waals surface area contributed by atoms with E-state index in [-0.39, 0.29) is 16.4 Å². The molecular weight excluding hydrogens is 316 g/mol. The van der Waals surface area contributed by atoms with Crippen molar-refractivity contribution in [1.82, 2.24) is 4.98 Å². The fourth-order valence-electron chi connectivity index (χ4n) is 1.68. The van der Waals surface area contributed by atoms with E-state index in [1.165, 1.54) is 19.2 Å². The van der Waals surface area contributed by atoms with Gasteiger partial charge in [-0.2, -0.15) is 0 Å². The lowest BCUT2D eigenvalue weighted by Gasteiger charge is -2.03. The van der Waals surface area contributed by atoms with Crippen LogP contribution in [0.5, 0.6) is 0 Å². The Kier molecular flexibility index (Phi) is 4.76. The van der Waals surface area contributed by atoms with Gasteiger partial charge in [0.1, 0.15) is 0 Å². The van der Waals surface area contributed by atoms with Crippen molar-refractivity contribution in [1.29, 1.82) is 0 Å². The van der Waals surface area contributed by atoms with Gasteiger partial charge in [0.05, 0.1) is 21.5 Å². The molecule has 0 fully saturated rings. The van der Waals surface area contributed by atoms with E-state index in [1.807, 2.05) is 0 Å². The number of anilines is 1. The molecule has 2 rings (SSSR count). The number of aromatic carboxylic acids is 1. The largest absolute Gasteiger partial charge is 0.478 e. The summed E-state index contributed by atoms with van der Waals surface area (Å²) in [5, 5.41) is 9.15. The number of hydrogen-bond donors (Lipinski definition) is 2. The first-order chi connectivity index (χ1) is 9.91. The average molecular weight is 330 g/mol. The second-order valence-corrected chi connectivity index (χ2v) is 7.15. The maximum atomic E-state index is 11.8. The van der Waals surface area contributed by atoms with Crippen LogP contribution in [-0.4, -0.2) is 43.9 Å². The van der Waals surface area contributed by atoms with Crippen LogP contribution in [0.1, 0.15) is 16.8 Å². The lowest BCUT2D eigenvalue weighted by atomic mass is 10.2. The molecule has 0 aliphatic heterocycles. The van der Waals surface area contributed by atoms with Crippen LogP contribution in [-0.2, 0) is 14.8 Å². The molecule has 0 bridgehead atoms. The molecule has 0 atom stereocenters. The molecular formula is C12H14N2O5S2. The summed E-state index contributed by atoms with van der Waals surface area (Å²) in [6.07, 6.45) is 0.389. The smallest absolute Gasteiger partial charge is 0.335 e. The molecule has 0 saturated heterocycles. The number of fused-ring (bicyclic) bond motifs is 1. The number of nitrogens with zero attached hydrogens (tertiary/aromatic N) is 1. The van der Waals surface area contributed by atoms with E-state index >= 15 is 0 Å². The van der Waals surface area contributed by atoms with Gasteiger partial charge >= 0.3 is 5.97 Å². The number of nitrogens with one attached hydrogen (secondary N) is 1. The number of carboxylic acid groups (broad SMARTS) is 1. The van der Waals surface area contributed by atoms with E-state index in [9.17, 15) is 13.2 Å². The molecule has 2 aromatic rings. The van der Waals surface area contributed by atoms with Gasteiger partial charge < -0.3 is 9.84 Å². The third-order valence-corrected chi connectivity index (χ3v) is 5.03. The molecule has 0 unspecified atom stereocenters. The zero-order chi connectivity index (χ0) is 15.5. The summed E-state index contributed by atoms with van der Waals surface area (Å²) in [7, 11) is -1.97. The third-order valence-electron chi connectivity index (χ3n) is 2.64. The van der Waals surface area contributed by atoms with E-state index in [0.29, 0.717) is 23.2 Å². The maximum absolute atomic E-state index is 11.8. The highest BCUT2D eigenvalue weighted by molar-refractivity contribution is 7.92. The molecule has 0 amide bonds. The van der Waals surface area contributed by atoms with Gasteiger partial charge in [0.15, 0.2) is 5.13 Å². The van der Waals surface area contributed by atoms with E-state index in [1.54, 1.807) is 6.07 Å². The first-order valence-corrected chi connectivity index (χ1v) is 8.51. The Bertz CT molecular complexity index is 754. The number of rotatable bonds is 7. The zero-order valence-electron chi connectivity index (χ0n) is 11.2. The monoisotopic (exact) mass is 330 g/mol. The molecule has 9 heteroatoms. The Hall–Kier alpha value is -1.71. The molecule has 114 valence electrons. The molecule has 0 aliphatic carbocycles. The van der Waals surface area contributed by atoms with Crippen LogP contribution in [0, 0.1) is 0 Å². The van der Waals surface area contributed by atoms with Crippen LogP contribution in [0.25, 0.3) is 10.2 Å². The SMILES string of the molecule is COCCCS(=O)(=O)Nc1nc2ccc(C(=O)O)cc2s1. The summed E-state index contributed by atoms with van der Waals surface area (Å²) in [6, 6.07) is 4.46. The normalized spacial score (nSPS) is 11.7. The Morgan fingerprint density at radius 1 is 1.48 bits per heavy atom. The first-order valence-electron chi connectivity index (χ1n) is 6.04. The van der Waals surface area contributed by atoms with Crippen molar-refractivity contribution in [2.24, 2.45) is 0 Å². The molecule has 1 aromatic carbocycles. The van der Waals surface area contributed by atoms with Crippen molar-refractivity contribution < 1.29 is 23.1 Å². The summed E-state index contributed by atoms with van der Waals surface area (Å²) >= 11 is 1.10. The van der Waals surface area contributed by atoms with Gasteiger partial charge in [0, 0.05) is 13.7 Å². The lowest BCUT2D eigenvalue weighted by molar-refractivity contribution is 0.0697. The number of benzene rings is 1. The Morgan fingerprint density at radius 3 is 2.90 bits per heavy atom. The Morgan fingerprint density at radius 2 is 2.24 bits per heavy atom. The lowest BCUT2D eigenvalue weighted by Crippen LogP contribution is -2.17. The fraction of sp³-hybridized carbons (Fsp3) is 0.333.